The van der Waals surface area contributed by atoms with Gasteiger partial charge in [-0.1, -0.05) is 0 Å². The van der Waals surface area contributed by atoms with Crippen molar-refractivity contribution in [1.29, 1.82) is 0 Å². The highest BCUT2D eigenvalue weighted by molar-refractivity contribution is 5.25. The van der Waals surface area contributed by atoms with Gasteiger partial charge in [0.05, 0.1) is 12.8 Å². The van der Waals surface area contributed by atoms with Gasteiger partial charge in [0.1, 0.15) is 6.33 Å². The highest BCUT2D eigenvalue weighted by atomic mass is 19.2. The minimum Gasteiger partial charge on any atom is -0.481 e. The molecule has 3 nitrogen and oxygen atoms in total. The van der Waals surface area contributed by atoms with E-state index in [9.17, 15) is 13.2 Å². The summed E-state index contributed by atoms with van der Waals surface area (Å²) in [5, 5.41) is 0. The highest BCUT2D eigenvalue weighted by Gasteiger charge is 2.11. The molecule has 0 N–H and O–H groups in total. The van der Waals surface area contributed by atoms with Gasteiger partial charge in [0.2, 0.25) is 5.88 Å². The Hall–Kier alpha value is -2.11. The molecule has 0 radical (unpaired) electrons. The standard InChI is InChI=1S/C12H9F3N2O/c1-18-11-5-8(16-6-17-11)2-7-3-9(13)12(15)10(14)4-7/h3-6H,2H2,1H3. The Balaban J connectivity index is 2.28. The topological polar surface area (TPSA) is 35.0 Å². The lowest BCUT2D eigenvalue weighted by atomic mass is 10.1. The van der Waals surface area contributed by atoms with E-state index in [0.717, 1.165) is 12.1 Å². The van der Waals surface area contributed by atoms with Crippen LogP contribution in [-0.4, -0.2) is 17.1 Å². The van der Waals surface area contributed by atoms with Gasteiger partial charge in [0.15, 0.2) is 17.5 Å². The zero-order valence-electron chi connectivity index (χ0n) is 9.45. The summed E-state index contributed by atoms with van der Waals surface area (Å²) in [5.41, 5.74) is 0.805. The second-order valence-corrected chi connectivity index (χ2v) is 3.60. The minimum atomic E-state index is -1.47. The van der Waals surface area contributed by atoms with Crippen LogP contribution in [0.5, 0.6) is 5.88 Å². The quantitative estimate of drug-likeness (QED) is 0.789. The Kier molecular flexibility index (Phi) is 3.45. The van der Waals surface area contributed by atoms with Crippen molar-refractivity contribution < 1.29 is 17.9 Å². The molecule has 1 aromatic heterocycles. The molecular weight excluding hydrogens is 245 g/mol. The molecule has 1 heterocycles. The van der Waals surface area contributed by atoms with Crippen molar-refractivity contribution in [2.75, 3.05) is 7.11 Å². The Labute approximate surface area is 101 Å². The largest absolute Gasteiger partial charge is 0.481 e. The summed E-state index contributed by atoms with van der Waals surface area (Å²) in [6.45, 7) is 0. The molecule has 6 heteroatoms. The van der Waals surface area contributed by atoms with E-state index in [4.69, 9.17) is 4.74 Å². The van der Waals surface area contributed by atoms with E-state index in [1.807, 2.05) is 0 Å². The average molecular weight is 254 g/mol. The van der Waals surface area contributed by atoms with E-state index in [1.54, 1.807) is 6.07 Å². The van der Waals surface area contributed by atoms with Crippen LogP contribution in [0.3, 0.4) is 0 Å². The molecule has 2 aromatic rings. The normalized spacial score (nSPS) is 10.4. The zero-order chi connectivity index (χ0) is 13.1. The van der Waals surface area contributed by atoms with Crippen LogP contribution in [0.25, 0.3) is 0 Å². The van der Waals surface area contributed by atoms with Crippen molar-refractivity contribution in [3.8, 4) is 5.88 Å². The first kappa shape index (κ1) is 12.3. The lowest BCUT2D eigenvalue weighted by Crippen LogP contribution is -1.99. The van der Waals surface area contributed by atoms with E-state index >= 15 is 0 Å². The summed E-state index contributed by atoms with van der Waals surface area (Å²) < 4.78 is 43.7. The fourth-order valence-corrected chi connectivity index (χ4v) is 1.50. The van der Waals surface area contributed by atoms with Gasteiger partial charge in [-0.3, -0.25) is 0 Å². The highest BCUT2D eigenvalue weighted by Crippen LogP contribution is 2.17. The van der Waals surface area contributed by atoms with Crippen molar-refractivity contribution in [3.05, 3.63) is 53.2 Å². The number of methoxy groups -OCH3 is 1. The Morgan fingerprint density at radius 3 is 2.33 bits per heavy atom. The molecule has 0 aliphatic heterocycles. The fourth-order valence-electron chi connectivity index (χ4n) is 1.50. The number of benzene rings is 1. The number of ether oxygens (including phenoxy) is 1. The summed E-state index contributed by atoms with van der Waals surface area (Å²) in [4.78, 5) is 7.74. The van der Waals surface area contributed by atoms with E-state index in [2.05, 4.69) is 9.97 Å². The Morgan fingerprint density at radius 1 is 1.06 bits per heavy atom. The molecule has 0 aliphatic carbocycles. The predicted octanol–water partition coefficient (Wildman–Crippen LogP) is 2.49. The fraction of sp³-hybridized carbons (Fsp3) is 0.167. The van der Waals surface area contributed by atoms with Crippen LogP contribution in [0, 0.1) is 17.5 Å². The molecule has 0 unspecified atom stereocenters. The Morgan fingerprint density at radius 2 is 1.72 bits per heavy atom. The maximum absolute atomic E-state index is 13.0. The van der Waals surface area contributed by atoms with Crippen LogP contribution in [0.15, 0.2) is 24.5 Å². The number of rotatable bonds is 3. The van der Waals surface area contributed by atoms with E-state index in [-0.39, 0.29) is 12.0 Å². The van der Waals surface area contributed by atoms with Gasteiger partial charge < -0.3 is 4.74 Å². The maximum Gasteiger partial charge on any atom is 0.216 e. The summed E-state index contributed by atoms with van der Waals surface area (Å²) in [6.07, 6.45) is 1.44. The molecule has 0 spiro atoms. The predicted molar refractivity (Wildman–Crippen MR) is 57.7 cm³/mol. The van der Waals surface area contributed by atoms with Crippen LogP contribution in [0.2, 0.25) is 0 Å². The zero-order valence-corrected chi connectivity index (χ0v) is 9.45. The minimum absolute atomic E-state index is 0.160. The summed E-state index contributed by atoms with van der Waals surface area (Å²) in [7, 11) is 1.45. The third-order valence-electron chi connectivity index (χ3n) is 2.34. The van der Waals surface area contributed by atoms with Crippen LogP contribution in [0.4, 0.5) is 13.2 Å². The molecule has 18 heavy (non-hydrogen) atoms. The van der Waals surface area contributed by atoms with Crippen LogP contribution in [-0.2, 0) is 6.42 Å². The van der Waals surface area contributed by atoms with E-state index in [1.165, 1.54) is 13.4 Å². The van der Waals surface area contributed by atoms with Crippen molar-refractivity contribution >= 4 is 0 Å². The number of aromatic nitrogens is 2. The molecule has 0 amide bonds. The molecular formula is C12H9F3N2O. The monoisotopic (exact) mass is 254 g/mol. The molecule has 94 valence electrons. The third-order valence-corrected chi connectivity index (χ3v) is 2.34. The van der Waals surface area contributed by atoms with Crippen molar-refractivity contribution in [3.63, 3.8) is 0 Å². The lowest BCUT2D eigenvalue weighted by molar-refractivity contribution is 0.396. The molecule has 0 atom stereocenters. The van der Waals surface area contributed by atoms with Gasteiger partial charge in [-0.05, 0) is 17.7 Å². The summed E-state index contributed by atoms with van der Waals surface area (Å²) >= 11 is 0. The van der Waals surface area contributed by atoms with Crippen molar-refractivity contribution in [2.45, 2.75) is 6.42 Å². The second kappa shape index (κ2) is 5.03. The van der Waals surface area contributed by atoms with Gasteiger partial charge in [0.25, 0.3) is 0 Å². The first-order valence-corrected chi connectivity index (χ1v) is 5.08. The van der Waals surface area contributed by atoms with Gasteiger partial charge >= 0.3 is 0 Å². The molecule has 2 rings (SSSR count). The van der Waals surface area contributed by atoms with Crippen LogP contribution in [0.1, 0.15) is 11.3 Å². The van der Waals surface area contributed by atoms with Crippen LogP contribution < -0.4 is 4.74 Å². The SMILES string of the molecule is COc1cc(Cc2cc(F)c(F)c(F)c2)ncn1. The maximum atomic E-state index is 13.0. The van der Waals surface area contributed by atoms with Crippen molar-refractivity contribution in [2.24, 2.45) is 0 Å². The number of nitrogens with zero attached hydrogens (tertiary/aromatic N) is 2. The van der Waals surface area contributed by atoms with Crippen molar-refractivity contribution in [1.82, 2.24) is 9.97 Å². The average Bonchev–Trinajstić information content (AvgIpc) is 2.36. The molecule has 0 saturated carbocycles. The molecule has 0 saturated heterocycles. The molecule has 0 bridgehead atoms. The van der Waals surface area contributed by atoms with E-state index in [0.29, 0.717) is 11.6 Å². The second-order valence-electron chi connectivity index (χ2n) is 3.60. The first-order valence-electron chi connectivity index (χ1n) is 5.08. The smallest absolute Gasteiger partial charge is 0.216 e. The number of hydrogen-bond acceptors (Lipinski definition) is 3. The van der Waals surface area contributed by atoms with Gasteiger partial charge in [-0.15, -0.1) is 0 Å². The summed E-state index contributed by atoms with van der Waals surface area (Å²) in [6, 6.07) is 3.42. The van der Waals surface area contributed by atoms with Gasteiger partial charge in [-0.25, -0.2) is 23.1 Å². The molecule has 0 aliphatic rings. The molecule has 1 aromatic carbocycles. The number of halogens is 3. The van der Waals surface area contributed by atoms with Crippen LogP contribution >= 0.6 is 0 Å². The number of hydrogen-bond donors (Lipinski definition) is 0. The van der Waals surface area contributed by atoms with Gasteiger partial charge in [-0.2, -0.15) is 0 Å². The lowest BCUT2D eigenvalue weighted by Gasteiger charge is -2.04. The third kappa shape index (κ3) is 2.58. The Bertz CT molecular complexity index is 552. The summed E-state index contributed by atoms with van der Waals surface area (Å²) in [5.74, 6) is -3.56. The first-order chi connectivity index (χ1) is 8.60. The van der Waals surface area contributed by atoms with E-state index < -0.39 is 17.5 Å². The molecule has 0 fully saturated rings. The van der Waals surface area contributed by atoms with Gasteiger partial charge in [0, 0.05) is 12.5 Å².